The fourth-order valence-electron chi connectivity index (χ4n) is 3.30. The topological polar surface area (TPSA) is 57.9 Å². The van der Waals surface area contributed by atoms with Crippen molar-refractivity contribution < 1.29 is 14.3 Å². The van der Waals surface area contributed by atoms with Crippen LogP contribution in [0.4, 0.5) is 0 Å². The molecule has 0 spiro atoms. The van der Waals surface area contributed by atoms with E-state index in [4.69, 9.17) is 9.15 Å². The van der Waals surface area contributed by atoms with Crippen molar-refractivity contribution in [2.24, 2.45) is 0 Å². The minimum atomic E-state index is -0.0931. The van der Waals surface area contributed by atoms with Crippen molar-refractivity contribution in [2.75, 3.05) is 33.3 Å². The highest BCUT2D eigenvalue weighted by atomic mass is 16.5. The summed E-state index contributed by atoms with van der Waals surface area (Å²) in [5, 5.41) is 14.1. The van der Waals surface area contributed by atoms with Crippen LogP contribution in [0.2, 0.25) is 0 Å². The Morgan fingerprint density at radius 1 is 1.38 bits per heavy atom. The van der Waals surface area contributed by atoms with E-state index >= 15 is 0 Å². The third-order valence-electron chi connectivity index (χ3n) is 4.83. The number of piperidine rings is 1. The van der Waals surface area contributed by atoms with E-state index in [9.17, 15) is 5.11 Å². The maximum absolute atomic E-state index is 9.54. The van der Waals surface area contributed by atoms with Crippen molar-refractivity contribution in [3.8, 4) is 5.75 Å². The molecule has 0 radical (unpaired) electrons. The van der Waals surface area contributed by atoms with Crippen LogP contribution in [0.5, 0.6) is 5.75 Å². The number of likely N-dealkylation sites (tertiary alicyclic amines) is 1. The molecule has 3 rings (SSSR count). The lowest BCUT2D eigenvalue weighted by atomic mass is 10.1. The molecule has 24 heavy (non-hydrogen) atoms. The van der Waals surface area contributed by atoms with E-state index in [-0.39, 0.29) is 12.1 Å². The molecule has 1 saturated heterocycles. The van der Waals surface area contributed by atoms with Gasteiger partial charge in [0, 0.05) is 18.5 Å². The maximum Gasteiger partial charge on any atom is 0.176 e. The van der Waals surface area contributed by atoms with Crippen molar-refractivity contribution in [1.29, 1.82) is 0 Å². The standard InChI is InChI=1S/C19H28N2O3/c1-14(20-9-4-10-21-11-7-16(22)8-12-21)18-13-15-5-3-6-17(23-2)19(15)24-18/h3,5-6,13-14,16,20,22H,4,7-12H2,1-2H3. The van der Waals surface area contributed by atoms with Crippen LogP contribution in [0.25, 0.3) is 11.0 Å². The van der Waals surface area contributed by atoms with Gasteiger partial charge in [0.25, 0.3) is 0 Å². The van der Waals surface area contributed by atoms with Gasteiger partial charge in [-0.05, 0) is 51.4 Å². The fourth-order valence-corrected chi connectivity index (χ4v) is 3.30. The third kappa shape index (κ3) is 4.09. The van der Waals surface area contributed by atoms with Crippen LogP contribution in [0.3, 0.4) is 0 Å². The zero-order valence-corrected chi connectivity index (χ0v) is 14.6. The van der Waals surface area contributed by atoms with Gasteiger partial charge in [-0.15, -0.1) is 0 Å². The van der Waals surface area contributed by atoms with Crippen LogP contribution in [0.1, 0.15) is 38.0 Å². The largest absolute Gasteiger partial charge is 0.493 e. The lowest BCUT2D eigenvalue weighted by molar-refractivity contribution is 0.0820. The summed E-state index contributed by atoms with van der Waals surface area (Å²) in [6.07, 6.45) is 2.82. The Morgan fingerprint density at radius 3 is 2.92 bits per heavy atom. The first-order valence-electron chi connectivity index (χ1n) is 8.87. The molecule has 2 N–H and O–H groups in total. The minimum Gasteiger partial charge on any atom is -0.493 e. The highest BCUT2D eigenvalue weighted by Gasteiger charge is 2.17. The average molecular weight is 332 g/mol. The number of nitrogens with one attached hydrogen (secondary N) is 1. The molecule has 2 heterocycles. The first-order valence-corrected chi connectivity index (χ1v) is 8.87. The molecule has 1 fully saturated rings. The smallest absolute Gasteiger partial charge is 0.176 e. The van der Waals surface area contributed by atoms with Crippen molar-refractivity contribution in [2.45, 2.75) is 38.3 Å². The summed E-state index contributed by atoms with van der Waals surface area (Å²) in [6.45, 7) is 6.19. The number of furan rings is 1. The Morgan fingerprint density at radius 2 is 2.17 bits per heavy atom. The van der Waals surface area contributed by atoms with Gasteiger partial charge in [-0.1, -0.05) is 12.1 Å². The first-order chi connectivity index (χ1) is 11.7. The Labute approximate surface area is 143 Å². The number of hydrogen-bond acceptors (Lipinski definition) is 5. The monoisotopic (exact) mass is 332 g/mol. The maximum atomic E-state index is 9.54. The summed E-state index contributed by atoms with van der Waals surface area (Å²) in [7, 11) is 1.66. The number of nitrogens with zero attached hydrogens (tertiary/aromatic N) is 1. The number of ether oxygens (including phenoxy) is 1. The zero-order valence-electron chi connectivity index (χ0n) is 14.6. The lowest BCUT2D eigenvalue weighted by Crippen LogP contribution is -2.37. The average Bonchev–Trinajstić information content (AvgIpc) is 3.04. The van der Waals surface area contributed by atoms with E-state index in [1.807, 2.05) is 18.2 Å². The van der Waals surface area contributed by atoms with Gasteiger partial charge in [-0.25, -0.2) is 0 Å². The van der Waals surface area contributed by atoms with Gasteiger partial charge >= 0.3 is 0 Å². The van der Waals surface area contributed by atoms with Crippen molar-refractivity contribution in [3.05, 3.63) is 30.0 Å². The summed E-state index contributed by atoms with van der Waals surface area (Å²) in [5.41, 5.74) is 0.815. The van der Waals surface area contributed by atoms with Crippen molar-refractivity contribution >= 4 is 11.0 Å². The SMILES string of the molecule is COc1cccc2cc(C(C)NCCCN3CCC(O)CC3)oc12. The Kier molecular flexibility index (Phi) is 5.76. The second-order valence-corrected chi connectivity index (χ2v) is 6.63. The lowest BCUT2D eigenvalue weighted by Gasteiger charge is -2.29. The number of para-hydroxylation sites is 1. The normalized spacial score (nSPS) is 18.1. The summed E-state index contributed by atoms with van der Waals surface area (Å²) in [6, 6.07) is 8.20. The van der Waals surface area contributed by atoms with Crippen LogP contribution >= 0.6 is 0 Å². The van der Waals surface area contributed by atoms with Gasteiger partial charge in [0.15, 0.2) is 11.3 Å². The molecule has 1 aliphatic rings. The van der Waals surface area contributed by atoms with E-state index in [2.05, 4.69) is 23.2 Å². The number of hydrogen-bond donors (Lipinski definition) is 2. The quantitative estimate of drug-likeness (QED) is 0.764. The second kappa shape index (κ2) is 8.01. The summed E-state index contributed by atoms with van der Waals surface area (Å²) < 4.78 is 11.3. The van der Waals surface area contributed by atoms with Gasteiger partial charge in [-0.3, -0.25) is 0 Å². The van der Waals surface area contributed by atoms with E-state index < -0.39 is 0 Å². The zero-order chi connectivity index (χ0) is 16.9. The number of aliphatic hydroxyl groups excluding tert-OH is 1. The first kappa shape index (κ1) is 17.3. The molecule has 0 aliphatic carbocycles. The molecule has 2 aromatic rings. The Hall–Kier alpha value is -1.56. The molecule has 5 heteroatoms. The minimum absolute atomic E-state index is 0.0931. The van der Waals surface area contributed by atoms with Gasteiger partial charge in [-0.2, -0.15) is 0 Å². The van der Waals surface area contributed by atoms with E-state index in [0.717, 1.165) is 67.9 Å². The second-order valence-electron chi connectivity index (χ2n) is 6.63. The van der Waals surface area contributed by atoms with E-state index in [0.29, 0.717) is 0 Å². The molecule has 1 atom stereocenters. The molecular formula is C19H28N2O3. The Bertz CT molecular complexity index is 647. The van der Waals surface area contributed by atoms with Crippen LogP contribution in [0, 0.1) is 0 Å². The number of fused-ring (bicyclic) bond motifs is 1. The molecular weight excluding hydrogens is 304 g/mol. The van der Waals surface area contributed by atoms with Crippen LogP contribution in [-0.4, -0.2) is 49.4 Å². The van der Waals surface area contributed by atoms with Gasteiger partial charge < -0.3 is 24.5 Å². The van der Waals surface area contributed by atoms with Crippen LogP contribution in [0.15, 0.2) is 28.7 Å². The third-order valence-corrected chi connectivity index (χ3v) is 4.83. The number of rotatable bonds is 7. The highest BCUT2D eigenvalue weighted by molar-refractivity contribution is 5.83. The summed E-state index contributed by atoms with van der Waals surface area (Å²) in [4.78, 5) is 2.44. The highest BCUT2D eigenvalue weighted by Crippen LogP contribution is 2.30. The number of methoxy groups -OCH3 is 1. The fraction of sp³-hybridized carbons (Fsp3) is 0.579. The summed E-state index contributed by atoms with van der Waals surface area (Å²) >= 11 is 0. The van der Waals surface area contributed by atoms with Gasteiger partial charge in [0.05, 0.1) is 19.3 Å². The molecule has 1 aromatic carbocycles. The van der Waals surface area contributed by atoms with Crippen LogP contribution < -0.4 is 10.1 Å². The molecule has 0 amide bonds. The molecule has 0 bridgehead atoms. The molecule has 5 nitrogen and oxygen atoms in total. The van der Waals surface area contributed by atoms with Crippen LogP contribution in [-0.2, 0) is 0 Å². The summed E-state index contributed by atoms with van der Waals surface area (Å²) in [5.74, 6) is 1.72. The van der Waals surface area contributed by atoms with Gasteiger partial charge in [0.1, 0.15) is 5.76 Å². The predicted molar refractivity (Wildman–Crippen MR) is 95.5 cm³/mol. The molecule has 1 aliphatic heterocycles. The number of aliphatic hydroxyl groups is 1. The van der Waals surface area contributed by atoms with Crippen molar-refractivity contribution in [3.63, 3.8) is 0 Å². The predicted octanol–water partition coefficient (Wildman–Crippen LogP) is 2.94. The number of benzene rings is 1. The van der Waals surface area contributed by atoms with Gasteiger partial charge in [0.2, 0.25) is 0 Å². The van der Waals surface area contributed by atoms with Crippen molar-refractivity contribution in [1.82, 2.24) is 10.2 Å². The molecule has 0 saturated carbocycles. The van der Waals surface area contributed by atoms with E-state index in [1.165, 1.54) is 0 Å². The molecule has 1 aromatic heterocycles. The molecule has 132 valence electrons. The Balaban J connectivity index is 1.47. The van der Waals surface area contributed by atoms with E-state index in [1.54, 1.807) is 7.11 Å². The molecule has 1 unspecified atom stereocenters.